The van der Waals surface area contributed by atoms with E-state index < -0.39 is 9.84 Å². The summed E-state index contributed by atoms with van der Waals surface area (Å²) >= 11 is 1.41. The first-order chi connectivity index (χ1) is 15.9. The Morgan fingerprint density at radius 1 is 1.12 bits per heavy atom. The number of carbonyl (C=O) groups is 1. The maximum absolute atomic E-state index is 13.1. The minimum atomic E-state index is -3.37. The van der Waals surface area contributed by atoms with Crippen LogP contribution in [0, 0.1) is 5.92 Å². The average Bonchev–Trinajstić information content (AvgIpc) is 3.45. The van der Waals surface area contributed by atoms with Gasteiger partial charge in [0.2, 0.25) is 5.78 Å². The number of ketones is 1. The maximum Gasteiger partial charge on any atom is 0.204 e. The Hall–Kier alpha value is -2.55. The van der Waals surface area contributed by atoms with Crippen LogP contribution in [0.1, 0.15) is 33.6 Å². The monoisotopic (exact) mass is 481 g/mol. The molecular formula is C25H27N3O3S2. The molecule has 0 amide bonds. The molecule has 5 rings (SSSR count). The molecule has 0 N–H and O–H groups in total. The predicted molar refractivity (Wildman–Crippen MR) is 131 cm³/mol. The molecule has 2 fully saturated rings. The third kappa shape index (κ3) is 4.74. The molecule has 3 heterocycles. The van der Waals surface area contributed by atoms with Crippen LogP contribution in [0.15, 0.2) is 65.7 Å². The smallest absolute Gasteiger partial charge is 0.204 e. The van der Waals surface area contributed by atoms with Crippen molar-refractivity contribution in [1.82, 2.24) is 9.88 Å². The Morgan fingerprint density at radius 3 is 2.73 bits per heavy atom. The average molecular weight is 482 g/mol. The van der Waals surface area contributed by atoms with Crippen molar-refractivity contribution in [2.24, 2.45) is 5.92 Å². The van der Waals surface area contributed by atoms with Crippen LogP contribution < -0.4 is 4.90 Å². The lowest BCUT2D eigenvalue weighted by Gasteiger charge is -2.36. The Labute approximate surface area is 198 Å². The zero-order valence-electron chi connectivity index (χ0n) is 18.6. The molecule has 6 nitrogen and oxygen atoms in total. The zero-order chi connectivity index (χ0) is 23.0. The lowest BCUT2D eigenvalue weighted by atomic mass is 9.92. The highest BCUT2D eigenvalue weighted by atomic mass is 32.2. The minimum absolute atomic E-state index is 0.154. The molecule has 0 radical (unpaired) electrons. The largest absolute Gasteiger partial charge is 0.343 e. The Kier molecular flexibility index (Phi) is 6.07. The molecule has 2 aromatic carbocycles. The first kappa shape index (κ1) is 22.3. The van der Waals surface area contributed by atoms with Crippen molar-refractivity contribution in [3.8, 4) is 0 Å². The standard InChI is InChI=1S/C25H27N3O3S2/c1-33(30,31)21-11-5-9-19(13-21)24(29)23-14-26-25(32-23)28-12-6-10-20-16-27(17-22(20)28)15-18-7-3-2-4-8-18/h2-5,7-9,11,13-14,20,22H,6,10,12,15-17H2,1H3/t20-,22-/m0/s1. The van der Waals surface area contributed by atoms with Crippen LogP contribution in [0.25, 0.3) is 0 Å². The number of piperidine rings is 1. The lowest BCUT2D eigenvalue weighted by Crippen LogP contribution is -2.45. The maximum atomic E-state index is 13.1. The molecule has 2 atom stereocenters. The van der Waals surface area contributed by atoms with Crippen LogP contribution in [0.5, 0.6) is 0 Å². The quantitative estimate of drug-likeness (QED) is 0.498. The van der Waals surface area contributed by atoms with E-state index in [2.05, 4.69) is 39.0 Å². The molecule has 0 spiro atoms. The third-order valence-corrected chi connectivity index (χ3v) is 8.74. The molecule has 0 saturated carbocycles. The molecule has 2 saturated heterocycles. The highest BCUT2D eigenvalue weighted by Gasteiger charge is 2.40. The number of hydrogen-bond acceptors (Lipinski definition) is 7. The van der Waals surface area contributed by atoms with E-state index >= 15 is 0 Å². The second-order valence-corrected chi connectivity index (χ2v) is 12.0. The van der Waals surface area contributed by atoms with Gasteiger partial charge in [0.25, 0.3) is 0 Å². The fourth-order valence-corrected chi connectivity index (χ4v) is 6.62. The van der Waals surface area contributed by atoms with E-state index in [1.807, 2.05) is 6.07 Å². The fourth-order valence-electron chi connectivity index (χ4n) is 4.99. The normalized spacial score (nSPS) is 21.2. The van der Waals surface area contributed by atoms with Gasteiger partial charge in [-0.25, -0.2) is 13.4 Å². The third-order valence-electron chi connectivity index (χ3n) is 6.59. The van der Waals surface area contributed by atoms with Crippen molar-refractivity contribution in [1.29, 1.82) is 0 Å². The van der Waals surface area contributed by atoms with Crippen molar-refractivity contribution in [3.05, 3.63) is 76.8 Å². The lowest BCUT2D eigenvalue weighted by molar-refractivity contribution is 0.104. The summed E-state index contributed by atoms with van der Waals surface area (Å²) in [7, 11) is -3.37. The number of sulfone groups is 1. The second kappa shape index (κ2) is 9.00. The molecule has 3 aromatic rings. The van der Waals surface area contributed by atoms with E-state index in [-0.39, 0.29) is 10.7 Å². The van der Waals surface area contributed by atoms with Gasteiger partial charge in [0.15, 0.2) is 15.0 Å². The molecule has 33 heavy (non-hydrogen) atoms. The number of fused-ring (bicyclic) bond motifs is 1. The van der Waals surface area contributed by atoms with E-state index in [1.165, 1.54) is 35.5 Å². The van der Waals surface area contributed by atoms with Crippen LogP contribution >= 0.6 is 11.3 Å². The van der Waals surface area contributed by atoms with Crippen LogP contribution in [0.2, 0.25) is 0 Å². The van der Waals surface area contributed by atoms with Gasteiger partial charge in [0, 0.05) is 44.0 Å². The summed E-state index contributed by atoms with van der Waals surface area (Å²) in [6.45, 7) is 4.00. The van der Waals surface area contributed by atoms with Gasteiger partial charge in [-0.1, -0.05) is 53.8 Å². The van der Waals surface area contributed by atoms with E-state index in [9.17, 15) is 13.2 Å². The summed E-state index contributed by atoms with van der Waals surface area (Å²) in [5.41, 5.74) is 1.71. The van der Waals surface area contributed by atoms with E-state index in [1.54, 1.807) is 18.3 Å². The number of hydrogen-bond donors (Lipinski definition) is 0. The summed E-state index contributed by atoms with van der Waals surface area (Å²) < 4.78 is 23.7. The number of rotatable bonds is 6. The number of anilines is 1. The molecule has 172 valence electrons. The predicted octanol–water partition coefficient (Wildman–Crippen LogP) is 3.88. The number of likely N-dealkylation sites (tertiary alicyclic amines) is 1. The number of benzene rings is 2. The van der Waals surface area contributed by atoms with Gasteiger partial charge in [-0.05, 0) is 36.5 Å². The molecule has 0 bridgehead atoms. The van der Waals surface area contributed by atoms with Crippen LogP contribution in [-0.2, 0) is 16.4 Å². The summed E-state index contributed by atoms with van der Waals surface area (Å²) in [4.78, 5) is 23.3. The Morgan fingerprint density at radius 2 is 1.94 bits per heavy atom. The van der Waals surface area contributed by atoms with Gasteiger partial charge >= 0.3 is 0 Å². The van der Waals surface area contributed by atoms with Crippen molar-refractivity contribution >= 4 is 32.1 Å². The summed E-state index contributed by atoms with van der Waals surface area (Å²) in [5.74, 6) is 0.423. The molecule has 0 unspecified atom stereocenters. The SMILES string of the molecule is CS(=O)(=O)c1cccc(C(=O)c2cnc(N3CCC[C@H]4CN(Cc5ccccc5)C[C@@H]43)s2)c1. The van der Waals surface area contributed by atoms with Gasteiger partial charge in [0.1, 0.15) is 0 Å². The van der Waals surface area contributed by atoms with Crippen molar-refractivity contribution in [3.63, 3.8) is 0 Å². The highest BCUT2D eigenvalue weighted by Crippen LogP contribution is 2.36. The molecule has 8 heteroatoms. The number of nitrogens with zero attached hydrogens (tertiary/aromatic N) is 3. The Bertz CT molecular complexity index is 1260. The highest BCUT2D eigenvalue weighted by molar-refractivity contribution is 7.90. The van der Waals surface area contributed by atoms with Crippen LogP contribution in [0.3, 0.4) is 0 Å². The number of aromatic nitrogens is 1. The molecule has 2 aliphatic rings. The van der Waals surface area contributed by atoms with Crippen molar-refractivity contribution in [2.75, 3.05) is 30.8 Å². The summed E-state index contributed by atoms with van der Waals surface area (Å²) in [6.07, 6.45) is 5.13. The van der Waals surface area contributed by atoms with Crippen LogP contribution in [0.4, 0.5) is 5.13 Å². The van der Waals surface area contributed by atoms with E-state index in [0.29, 0.717) is 22.4 Å². The topological polar surface area (TPSA) is 70.6 Å². The van der Waals surface area contributed by atoms with Crippen LogP contribution in [-0.4, -0.2) is 56.0 Å². The molecule has 2 aliphatic heterocycles. The Balaban J connectivity index is 1.33. The summed E-state index contributed by atoms with van der Waals surface area (Å²) in [5, 5.41) is 0.883. The summed E-state index contributed by atoms with van der Waals surface area (Å²) in [6, 6.07) is 17.2. The van der Waals surface area contributed by atoms with Crippen molar-refractivity contribution < 1.29 is 13.2 Å². The van der Waals surface area contributed by atoms with Gasteiger partial charge in [-0.3, -0.25) is 9.69 Å². The van der Waals surface area contributed by atoms with Gasteiger partial charge in [-0.15, -0.1) is 0 Å². The van der Waals surface area contributed by atoms with E-state index in [4.69, 9.17) is 0 Å². The number of thiazole rings is 1. The van der Waals surface area contributed by atoms with E-state index in [0.717, 1.165) is 44.0 Å². The van der Waals surface area contributed by atoms with Gasteiger partial charge in [-0.2, -0.15) is 0 Å². The minimum Gasteiger partial charge on any atom is -0.343 e. The van der Waals surface area contributed by atoms with Gasteiger partial charge < -0.3 is 4.90 Å². The first-order valence-corrected chi connectivity index (χ1v) is 13.9. The van der Waals surface area contributed by atoms with Gasteiger partial charge in [0.05, 0.1) is 16.0 Å². The fraction of sp³-hybridized carbons (Fsp3) is 0.360. The molecule has 1 aromatic heterocycles. The second-order valence-electron chi connectivity index (χ2n) is 8.98. The van der Waals surface area contributed by atoms with Crippen molar-refractivity contribution in [2.45, 2.75) is 30.3 Å². The first-order valence-electron chi connectivity index (χ1n) is 11.2. The molecular weight excluding hydrogens is 454 g/mol. The zero-order valence-corrected chi connectivity index (χ0v) is 20.2. The molecule has 0 aliphatic carbocycles. The number of carbonyl (C=O) groups excluding carboxylic acids is 1.